The summed E-state index contributed by atoms with van der Waals surface area (Å²) in [7, 11) is 0. The predicted molar refractivity (Wildman–Crippen MR) is 128 cm³/mol. The van der Waals surface area contributed by atoms with E-state index in [0.29, 0.717) is 36.8 Å². The predicted octanol–water partition coefficient (Wildman–Crippen LogP) is 3.72. The van der Waals surface area contributed by atoms with E-state index in [4.69, 9.17) is 0 Å². The Hall–Kier alpha value is -2.99. The number of nitrogens with zero attached hydrogens (tertiary/aromatic N) is 3. The molecule has 1 amide bonds. The summed E-state index contributed by atoms with van der Waals surface area (Å²) in [6.07, 6.45) is 6.68. The summed E-state index contributed by atoms with van der Waals surface area (Å²) in [5.41, 5.74) is 0.759. The molecule has 6 nitrogen and oxygen atoms in total. The van der Waals surface area contributed by atoms with E-state index in [1.165, 1.54) is 16.5 Å². The molecule has 2 aliphatic rings. The second-order valence-corrected chi connectivity index (χ2v) is 9.65. The van der Waals surface area contributed by atoms with Crippen molar-refractivity contribution in [2.45, 2.75) is 56.6 Å². The first-order valence-electron chi connectivity index (χ1n) is 12.0. The number of rotatable bonds is 4. The van der Waals surface area contributed by atoms with Gasteiger partial charge in [0.2, 0.25) is 5.91 Å². The second kappa shape index (κ2) is 9.10. The van der Waals surface area contributed by atoms with E-state index < -0.39 is 5.60 Å². The number of fused-ring (bicyclic) bond motifs is 1. The molecule has 6 heteroatoms. The maximum Gasteiger partial charge on any atom is 0.261 e. The lowest BCUT2D eigenvalue weighted by Crippen LogP contribution is -2.51. The molecule has 33 heavy (non-hydrogen) atoms. The average Bonchev–Trinajstić information content (AvgIpc) is 2.86. The molecule has 1 aromatic heterocycles. The number of benzene rings is 2. The monoisotopic (exact) mass is 445 g/mol. The number of carbonyl (C=O) groups is 1. The third kappa shape index (κ3) is 4.44. The Morgan fingerprint density at radius 1 is 1.00 bits per heavy atom. The van der Waals surface area contributed by atoms with Crippen molar-refractivity contribution < 1.29 is 9.90 Å². The highest BCUT2D eigenvalue weighted by atomic mass is 16.3. The van der Waals surface area contributed by atoms with E-state index in [1.54, 1.807) is 6.07 Å². The second-order valence-electron chi connectivity index (χ2n) is 9.65. The zero-order valence-electron chi connectivity index (χ0n) is 18.9. The summed E-state index contributed by atoms with van der Waals surface area (Å²) in [6, 6.07) is 17.7. The van der Waals surface area contributed by atoms with Crippen LogP contribution in [0, 0.1) is 5.92 Å². The SMILES string of the molecule is O=C([C@@H]1CCCC[C@H]1c1ccccc1)N1CCC(O)(Cn2cnc3ccccc3c2=O)CC1. The highest BCUT2D eigenvalue weighted by Crippen LogP contribution is 2.39. The number of likely N-dealkylation sites (tertiary alicyclic amines) is 1. The topological polar surface area (TPSA) is 75.4 Å². The van der Waals surface area contributed by atoms with Gasteiger partial charge in [-0.15, -0.1) is 0 Å². The Labute approximate surface area is 193 Å². The van der Waals surface area contributed by atoms with Crippen LogP contribution in [0.3, 0.4) is 0 Å². The Kier molecular flexibility index (Phi) is 6.02. The number of aliphatic hydroxyl groups is 1. The van der Waals surface area contributed by atoms with E-state index in [1.807, 2.05) is 29.2 Å². The van der Waals surface area contributed by atoms with Gasteiger partial charge in [-0.25, -0.2) is 4.98 Å². The van der Waals surface area contributed by atoms with Crippen LogP contribution in [0.4, 0.5) is 0 Å². The number of hydrogen-bond donors (Lipinski definition) is 1. The van der Waals surface area contributed by atoms with Crippen molar-refractivity contribution >= 4 is 16.8 Å². The molecule has 2 aromatic carbocycles. The van der Waals surface area contributed by atoms with Gasteiger partial charge in [0, 0.05) is 19.0 Å². The lowest BCUT2D eigenvalue weighted by molar-refractivity contribution is -0.142. The quantitative estimate of drug-likeness (QED) is 0.664. The van der Waals surface area contributed by atoms with Gasteiger partial charge < -0.3 is 10.0 Å². The smallest absolute Gasteiger partial charge is 0.261 e. The first-order valence-corrected chi connectivity index (χ1v) is 12.0. The minimum Gasteiger partial charge on any atom is -0.388 e. The van der Waals surface area contributed by atoms with Crippen LogP contribution >= 0.6 is 0 Å². The van der Waals surface area contributed by atoms with Crippen LogP contribution in [0.5, 0.6) is 0 Å². The number of carbonyl (C=O) groups excluding carboxylic acids is 1. The van der Waals surface area contributed by atoms with Gasteiger partial charge in [-0.3, -0.25) is 14.2 Å². The molecule has 1 N–H and O–H groups in total. The van der Waals surface area contributed by atoms with Crippen LogP contribution in [0.25, 0.3) is 10.9 Å². The molecule has 1 saturated heterocycles. The van der Waals surface area contributed by atoms with Crippen LogP contribution < -0.4 is 5.56 Å². The molecule has 1 aliphatic carbocycles. The van der Waals surface area contributed by atoms with Gasteiger partial charge in [0.25, 0.3) is 5.56 Å². The van der Waals surface area contributed by atoms with Gasteiger partial charge in [0.1, 0.15) is 0 Å². The number of aromatic nitrogens is 2. The lowest BCUT2D eigenvalue weighted by atomic mass is 9.74. The number of amides is 1. The molecule has 2 atom stereocenters. The maximum atomic E-state index is 13.5. The van der Waals surface area contributed by atoms with E-state index in [2.05, 4.69) is 29.2 Å². The summed E-state index contributed by atoms with van der Waals surface area (Å²) in [4.78, 5) is 32.6. The van der Waals surface area contributed by atoms with Crippen molar-refractivity contribution in [3.05, 3.63) is 76.8 Å². The molecular formula is C27H31N3O3. The maximum absolute atomic E-state index is 13.5. The molecule has 172 valence electrons. The fourth-order valence-electron chi connectivity index (χ4n) is 5.60. The fraction of sp³-hybridized carbons (Fsp3) is 0.444. The standard InChI is InChI=1S/C27H31N3O3/c31-25(22-11-5-4-10-21(22)20-8-2-1-3-9-20)29-16-14-27(33,15-17-29)18-30-19-28-24-13-7-6-12-23(24)26(30)32/h1-3,6-9,12-13,19,21-22,33H,4-5,10-11,14-18H2/t21-,22+/m0/s1. The van der Waals surface area contributed by atoms with Crippen LogP contribution in [0.15, 0.2) is 65.7 Å². The fourth-order valence-corrected chi connectivity index (χ4v) is 5.60. The molecular weight excluding hydrogens is 414 g/mol. The Balaban J connectivity index is 1.27. The minimum atomic E-state index is -1.02. The summed E-state index contributed by atoms with van der Waals surface area (Å²) < 4.78 is 1.51. The lowest BCUT2D eigenvalue weighted by Gasteiger charge is -2.41. The summed E-state index contributed by atoms with van der Waals surface area (Å²) in [5.74, 6) is 0.505. The van der Waals surface area contributed by atoms with Gasteiger partial charge in [0.15, 0.2) is 0 Å². The van der Waals surface area contributed by atoms with Crippen molar-refractivity contribution in [2.24, 2.45) is 5.92 Å². The van der Waals surface area contributed by atoms with Gasteiger partial charge >= 0.3 is 0 Å². The van der Waals surface area contributed by atoms with Crippen molar-refractivity contribution in [1.29, 1.82) is 0 Å². The molecule has 5 rings (SSSR count). The Morgan fingerprint density at radius 3 is 2.48 bits per heavy atom. The molecule has 1 saturated carbocycles. The van der Waals surface area contributed by atoms with Crippen LogP contribution in [0.2, 0.25) is 0 Å². The van der Waals surface area contributed by atoms with Crippen molar-refractivity contribution in [1.82, 2.24) is 14.5 Å². The van der Waals surface area contributed by atoms with E-state index in [-0.39, 0.29) is 29.8 Å². The van der Waals surface area contributed by atoms with Gasteiger partial charge in [-0.05, 0) is 49.3 Å². The highest BCUT2D eigenvalue weighted by molar-refractivity contribution is 5.80. The van der Waals surface area contributed by atoms with Crippen LogP contribution in [0.1, 0.15) is 50.0 Å². The zero-order chi connectivity index (χ0) is 22.8. The molecule has 0 radical (unpaired) electrons. The first kappa shape index (κ1) is 21.8. The largest absolute Gasteiger partial charge is 0.388 e. The Bertz CT molecular complexity index is 1180. The van der Waals surface area contributed by atoms with E-state index >= 15 is 0 Å². The van der Waals surface area contributed by atoms with Crippen LogP contribution in [-0.2, 0) is 11.3 Å². The molecule has 0 bridgehead atoms. The highest BCUT2D eigenvalue weighted by Gasteiger charge is 2.39. The molecule has 1 aliphatic heterocycles. The number of para-hydroxylation sites is 1. The third-order valence-electron chi connectivity index (χ3n) is 7.51. The third-order valence-corrected chi connectivity index (χ3v) is 7.51. The summed E-state index contributed by atoms with van der Waals surface area (Å²) in [5, 5.41) is 11.8. The first-order chi connectivity index (χ1) is 16.0. The zero-order valence-corrected chi connectivity index (χ0v) is 18.9. The normalized spacial score (nSPS) is 22.9. The number of piperidine rings is 1. The average molecular weight is 446 g/mol. The molecule has 3 aromatic rings. The molecule has 0 spiro atoms. The summed E-state index contributed by atoms with van der Waals surface area (Å²) >= 11 is 0. The molecule has 0 unspecified atom stereocenters. The van der Waals surface area contributed by atoms with Gasteiger partial charge in [0.05, 0.1) is 29.4 Å². The van der Waals surface area contributed by atoms with Crippen molar-refractivity contribution in [3.63, 3.8) is 0 Å². The van der Waals surface area contributed by atoms with E-state index in [9.17, 15) is 14.7 Å². The molecule has 2 heterocycles. The summed E-state index contributed by atoms with van der Waals surface area (Å²) in [6.45, 7) is 1.23. The van der Waals surface area contributed by atoms with Gasteiger partial charge in [-0.1, -0.05) is 55.3 Å². The van der Waals surface area contributed by atoms with Gasteiger partial charge in [-0.2, -0.15) is 0 Å². The Morgan fingerprint density at radius 2 is 1.70 bits per heavy atom. The van der Waals surface area contributed by atoms with Crippen molar-refractivity contribution in [2.75, 3.05) is 13.1 Å². The van der Waals surface area contributed by atoms with E-state index in [0.717, 1.165) is 25.7 Å². The minimum absolute atomic E-state index is 0.0136. The number of hydrogen-bond acceptors (Lipinski definition) is 4. The van der Waals surface area contributed by atoms with Crippen LogP contribution in [-0.4, -0.2) is 44.2 Å². The van der Waals surface area contributed by atoms with Crippen molar-refractivity contribution in [3.8, 4) is 0 Å². The molecule has 2 fully saturated rings.